The summed E-state index contributed by atoms with van der Waals surface area (Å²) in [5.74, 6) is 0. The molecule has 102 valence electrons. The number of halogens is 1. The number of hydrogen-bond acceptors (Lipinski definition) is 3. The molecule has 1 N–H and O–H groups in total. The van der Waals surface area contributed by atoms with Crippen molar-refractivity contribution in [1.82, 2.24) is 20.1 Å². The summed E-state index contributed by atoms with van der Waals surface area (Å²) in [5.41, 5.74) is 2.29. The van der Waals surface area contributed by atoms with Gasteiger partial charge in [0, 0.05) is 18.4 Å². The van der Waals surface area contributed by atoms with E-state index in [1.165, 1.54) is 0 Å². The number of nitrogens with zero attached hydrogens (tertiary/aromatic N) is 3. The van der Waals surface area contributed by atoms with Crippen LogP contribution < -0.4 is 5.32 Å². The van der Waals surface area contributed by atoms with E-state index in [1.807, 2.05) is 23.1 Å². The van der Waals surface area contributed by atoms with Gasteiger partial charge in [-0.25, -0.2) is 0 Å². The first kappa shape index (κ1) is 14.2. The molecule has 0 spiro atoms. The molecule has 2 aromatic heterocycles. The van der Waals surface area contributed by atoms with Gasteiger partial charge in [0.05, 0.1) is 22.4 Å². The molecule has 0 amide bonds. The summed E-state index contributed by atoms with van der Waals surface area (Å²) in [6.07, 6.45) is 5.55. The van der Waals surface area contributed by atoms with Gasteiger partial charge in [0.15, 0.2) is 0 Å². The van der Waals surface area contributed by atoms with Crippen LogP contribution in [0.5, 0.6) is 0 Å². The molecular weight excluding hydrogens is 304 g/mol. The summed E-state index contributed by atoms with van der Waals surface area (Å²) in [7, 11) is 0. The van der Waals surface area contributed by atoms with Crippen molar-refractivity contribution in [2.45, 2.75) is 32.9 Å². The van der Waals surface area contributed by atoms with Gasteiger partial charge in [-0.05, 0) is 48.0 Å². The first-order chi connectivity index (χ1) is 9.15. The average Bonchev–Trinajstić information content (AvgIpc) is 2.79. The highest BCUT2D eigenvalue weighted by atomic mass is 79.9. The summed E-state index contributed by atoms with van der Waals surface area (Å²) >= 11 is 3.61. The van der Waals surface area contributed by atoms with Gasteiger partial charge < -0.3 is 5.32 Å². The largest absolute Gasteiger partial charge is 0.305 e. The van der Waals surface area contributed by atoms with Crippen LogP contribution in [0.4, 0.5) is 0 Å². The Hall–Kier alpha value is -1.20. The van der Waals surface area contributed by atoms with E-state index in [4.69, 9.17) is 0 Å². The zero-order chi connectivity index (χ0) is 13.8. The summed E-state index contributed by atoms with van der Waals surface area (Å²) in [6.45, 7) is 7.26. The van der Waals surface area contributed by atoms with Crippen molar-refractivity contribution in [2.75, 3.05) is 6.54 Å². The lowest BCUT2D eigenvalue weighted by atomic mass is 10.1. The molecule has 4 nitrogen and oxygen atoms in total. The highest BCUT2D eigenvalue weighted by Gasteiger charge is 2.22. The topological polar surface area (TPSA) is 42.7 Å². The van der Waals surface area contributed by atoms with Crippen LogP contribution in [0.2, 0.25) is 0 Å². The Morgan fingerprint density at radius 2 is 2.16 bits per heavy atom. The minimum Gasteiger partial charge on any atom is -0.305 e. The van der Waals surface area contributed by atoms with E-state index in [2.05, 4.69) is 58.2 Å². The van der Waals surface area contributed by atoms with Crippen molar-refractivity contribution in [3.05, 3.63) is 46.5 Å². The third-order valence-corrected chi connectivity index (χ3v) is 3.59. The third kappa shape index (κ3) is 3.04. The third-order valence-electron chi connectivity index (χ3n) is 2.98. The number of aromatic nitrogens is 3. The van der Waals surface area contributed by atoms with Gasteiger partial charge in [-0.1, -0.05) is 13.0 Å². The Morgan fingerprint density at radius 1 is 1.37 bits per heavy atom. The molecule has 2 rings (SSSR count). The van der Waals surface area contributed by atoms with Crippen molar-refractivity contribution >= 4 is 15.9 Å². The zero-order valence-corrected chi connectivity index (χ0v) is 13.1. The monoisotopic (exact) mass is 322 g/mol. The van der Waals surface area contributed by atoms with Crippen LogP contribution in [0.25, 0.3) is 0 Å². The smallest absolute Gasteiger partial charge is 0.0774 e. The van der Waals surface area contributed by atoms with Crippen molar-refractivity contribution in [2.24, 2.45) is 0 Å². The normalized spacial score (nSPS) is 12.9. The second-order valence-corrected chi connectivity index (χ2v) is 5.55. The molecule has 0 aliphatic rings. The summed E-state index contributed by atoms with van der Waals surface area (Å²) in [4.78, 5) is 4.22. The molecule has 0 saturated heterocycles. The zero-order valence-electron chi connectivity index (χ0n) is 11.5. The minimum absolute atomic E-state index is 0.0953. The maximum absolute atomic E-state index is 4.45. The Bertz CT molecular complexity index is 521. The molecule has 5 heteroatoms. The van der Waals surface area contributed by atoms with Crippen LogP contribution in [-0.2, 0) is 0 Å². The predicted molar refractivity (Wildman–Crippen MR) is 80.1 cm³/mol. The maximum atomic E-state index is 4.45. The Morgan fingerprint density at radius 3 is 2.74 bits per heavy atom. The summed E-state index contributed by atoms with van der Waals surface area (Å²) < 4.78 is 3.07. The van der Waals surface area contributed by atoms with Gasteiger partial charge in [0.25, 0.3) is 0 Å². The first-order valence-electron chi connectivity index (χ1n) is 6.51. The van der Waals surface area contributed by atoms with Crippen LogP contribution in [0.15, 0.2) is 35.2 Å². The Balaban J connectivity index is 2.48. The van der Waals surface area contributed by atoms with E-state index in [-0.39, 0.29) is 6.04 Å². The van der Waals surface area contributed by atoms with Crippen molar-refractivity contribution in [3.63, 3.8) is 0 Å². The molecule has 1 unspecified atom stereocenters. The van der Waals surface area contributed by atoms with Gasteiger partial charge in [-0.15, -0.1) is 0 Å². The van der Waals surface area contributed by atoms with Gasteiger partial charge in [-0.2, -0.15) is 5.10 Å². The number of nitrogens with one attached hydrogen (secondary N) is 1. The van der Waals surface area contributed by atoms with Gasteiger partial charge in [-0.3, -0.25) is 9.67 Å². The molecule has 0 bridgehead atoms. The summed E-state index contributed by atoms with van der Waals surface area (Å²) in [5, 5.41) is 7.96. The second kappa shape index (κ2) is 6.30. The molecule has 19 heavy (non-hydrogen) atoms. The fourth-order valence-corrected chi connectivity index (χ4v) is 2.66. The minimum atomic E-state index is 0.0953. The fourth-order valence-electron chi connectivity index (χ4n) is 2.16. The number of pyridine rings is 1. The van der Waals surface area contributed by atoms with Crippen LogP contribution in [0.3, 0.4) is 0 Å². The Labute approximate surface area is 122 Å². The van der Waals surface area contributed by atoms with Crippen LogP contribution in [-0.4, -0.2) is 21.3 Å². The first-order valence-corrected chi connectivity index (χ1v) is 7.30. The van der Waals surface area contributed by atoms with E-state index in [9.17, 15) is 0 Å². The lowest BCUT2D eigenvalue weighted by Gasteiger charge is -2.22. The summed E-state index contributed by atoms with van der Waals surface area (Å²) in [6, 6.07) is 4.46. The van der Waals surface area contributed by atoms with Crippen LogP contribution in [0, 0.1) is 0 Å². The molecule has 0 aromatic carbocycles. The molecule has 1 atom stereocenters. The quantitative estimate of drug-likeness (QED) is 0.918. The maximum Gasteiger partial charge on any atom is 0.0774 e. The van der Waals surface area contributed by atoms with Gasteiger partial charge in [0.1, 0.15) is 0 Å². The number of hydrogen-bond donors (Lipinski definition) is 1. The molecular formula is C14H19BrN4. The molecule has 0 aliphatic carbocycles. The van der Waals surface area contributed by atoms with Crippen LogP contribution in [0.1, 0.15) is 44.1 Å². The average molecular weight is 323 g/mol. The van der Waals surface area contributed by atoms with Crippen molar-refractivity contribution in [1.29, 1.82) is 0 Å². The SMILES string of the molecule is CCNC(c1cccnc1)c1c(Br)cnn1C(C)C. The van der Waals surface area contributed by atoms with E-state index in [0.29, 0.717) is 6.04 Å². The molecule has 2 heterocycles. The van der Waals surface area contributed by atoms with E-state index < -0.39 is 0 Å². The number of rotatable bonds is 5. The van der Waals surface area contributed by atoms with E-state index in [1.54, 1.807) is 6.20 Å². The lowest BCUT2D eigenvalue weighted by Crippen LogP contribution is -2.26. The second-order valence-electron chi connectivity index (χ2n) is 4.69. The lowest BCUT2D eigenvalue weighted by molar-refractivity contribution is 0.475. The molecule has 0 aliphatic heterocycles. The highest BCUT2D eigenvalue weighted by molar-refractivity contribution is 9.10. The molecule has 0 saturated carbocycles. The molecule has 0 fully saturated rings. The van der Waals surface area contributed by atoms with E-state index >= 15 is 0 Å². The van der Waals surface area contributed by atoms with E-state index in [0.717, 1.165) is 22.3 Å². The fraction of sp³-hybridized carbons (Fsp3) is 0.429. The predicted octanol–water partition coefficient (Wildman–Crippen LogP) is 3.32. The van der Waals surface area contributed by atoms with Gasteiger partial charge in [0.2, 0.25) is 0 Å². The van der Waals surface area contributed by atoms with Crippen LogP contribution >= 0.6 is 15.9 Å². The van der Waals surface area contributed by atoms with Crippen molar-refractivity contribution < 1.29 is 0 Å². The highest BCUT2D eigenvalue weighted by Crippen LogP contribution is 2.30. The van der Waals surface area contributed by atoms with Crippen molar-refractivity contribution in [3.8, 4) is 0 Å². The Kier molecular flexibility index (Phi) is 4.71. The van der Waals surface area contributed by atoms with Gasteiger partial charge >= 0.3 is 0 Å². The molecule has 2 aromatic rings. The standard InChI is InChI=1S/C14H19BrN4/c1-4-17-13(11-6-5-7-16-8-11)14-12(15)9-18-19(14)10(2)3/h5-10,13,17H,4H2,1-3H3. The molecule has 0 radical (unpaired) electrons.